The van der Waals surface area contributed by atoms with Crippen LogP contribution in [0.1, 0.15) is 27.1 Å². The topological polar surface area (TPSA) is 37.4 Å². The van der Waals surface area contributed by atoms with E-state index in [1.807, 2.05) is 0 Å². The maximum absolute atomic E-state index is 12.9. The van der Waals surface area contributed by atoms with E-state index in [9.17, 15) is 14.0 Å². The summed E-state index contributed by atoms with van der Waals surface area (Å²) in [4.78, 5) is 25.9. The zero-order chi connectivity index (χ0) is 14.1. The van der Waals surface area contributed by atoms with Crippen LogP contribution in [-0.4, -0.2) is 18.2 Å². The highest BCUT2D eigenvalue weighted by atomic mass is 19.1. The van der Waals surface area contributed by atoms with Crippen LogP contribution in [0.2, 0.25) is 0 Å². The highest BCUT2D eigenvalue weighted by molar-refractivity contribution is 6.13. The Labute approximate surface area is 115 Å². The summed E-state index contributed by atoms with van der Waals surface area (Å²) < 4.78 is 12.9. The lowest BCUT2D eigenvalue weighted by atomic mass is 9.99. The van der Waals surface area contributed by atoms with Crippen LogP contribution in [-0.2, 0) is 0 Å². The van der Waals surface area contributed by atoms with Gasteiger partial charge in [0.2, 0.25) is 0 Å². The first-order valence-electron chi connectivity index (χ1n) is 6.36. The first-order valence-corrected chi connectivity index (χ1v) is 6.36. The fourth-order valence-corrected chi connectivity index (χ4v) is 2.37. The molecule has 1 aliphatic heterocycles. The second kappa shape index (κ2) is 4.89. The monoisotopic (exact) mass is 269 g/mol. The summed E-state index contributed by atoms with van der Waals surface area (Å²) in [6.07, 6.45) is 0.309. The number of carbonyl (C=O) groups is 2. The van der Waals surface area contributed by atoms with E-state index >= 15 is 0 Å². The minimum atomic E-state index is -0.379. The number of hydrogen-bond donors (Lipinski definition) is 0. The molecule has 0 unspecified atom stereocenters. The van der Waals surface area contributed by atoms with E-state index in [1.54, 1.807) is 29.2 Å². The first kappa shape index (κ1) is 12.5. The highest BCUT2D eigenvalue weighted by Crippen LogP contribution is 2.28. The number of hydrogen-bond acceptors (Lipinski definition) is 2. The van der Waals surface area contributed by atoms with E-state index in [2.05, 4.69) is 0 Å². The zero-order valence-electron chi connectivity index (χ0n) is 10.7. The van der Waals surface area contributed by atoms with Crippen LogP contribution >= 0.6 is 0 Å². The maximum atomic E-state index is 12.9. The van der Waals surface area contributed by atoms with E-state index < -0.39 is 0 Å². The number of rotatable bonds is 1. The van der Waals surface area contributed by atoms with Gasteiger partial charge in [-0.15, -0.1) is 0 Å². The minimum Gasteiger partial charge on any atom is -0.307 e. The van der Waals surface area contributed by atoms with E-state index in [0.29, 0.717) is 29.8 Å². The molecule has 0 spiro atoms. The second-order valence-corrected chi connectivity index (χ2v) is 4.65. The van der Waals surface area contributed by atoms with Gasteiger partial charge in [0.05, 0.1) is 5.69 Å². The lowest BCUT2D eigenvalue weighted by Gasteiger charge is -2.28. The molecule has 1 aliphatic rings. The standard InChI is InChI=1S/C16H12FNO2/c17-12-7-5-11(6-8-12)16(20)18-10-9-15(19)13-3-1-2-4-14(13)18/h1-8H,9-10H2. The predicted molar refractivity (Wildman–Crippen MR) is 73.5 cm³/mol. The second-order valence-electron chi connectivity index (χ2n) is 4.65. The third kappa shape index (κ3) is 2.09. The molecule has 100 valence electrons. The van der Waals surface area contributed by atoms with E-state index in [1.165, 1.54) is 24.3 Å². The quantitative estimate of drug-likeness (QED) is 0.798. The number of benzene rings is 2. The van der Waals surface area contributed by atoms with Gasteiger partial charge in [-0.05, 0) is 36.4 Å². The number of fused-ring (bicyclic) bond motifs is 1. The summed E-state index contributed by atoms with van der Waals surface area (Å²) in [6, 6.07) is 12.5. The molecule has 1 heterocycles. The van der Waals surface area contributed by atoms with Gasteiger partial charge < -0.3 is 4.90 Å². The van der Waals surface area contributed by atoms with Crippen LogP contribution in [0.5, 0.6) is 0 Å². The fraction of sp³-hybridized carbons (Fsp3) is 0.125. The molecule has 0 N–H and O–H groups in total. The molecule has 0 aromatic heterocycles. The molecule has 3 rings (SSSR count). The first-order chi connectivity index (χ1) is 9.66. The Morgan fingerprint density at radius 2 is 1.75 bits per heavy atom. The summed E-state index contributed by atoms with van der Waals surface area (Å²) in [5.74, 6) is -0.551. The molecule has 0 fully saturated rings. The Hall–Kier alpha value is -2.49. The van der Waals surface area contributed by atoms with Gasteiger partial charge in [-0.2, -0.15) is 0 Å². The van der Waals surface area contributed by atoms with Crippen molar-refractivity contribution in [3.05, 3.63) is 65.5 Å². The molecule has 0 atom stereocenters. The molecule has 2 aromatic rings. The van der Waals surface area contributed by atoms with Crippen LogP contribution in [0.3, 0.4) is 0 Å². The van der Waals surface area contributed by atoms with Crippen molar-refractivity contribution in [1.82, 2.24) is 0 Å². The average molecular weight is 269 g/mol. The van der Waals surface area contributed by atoms with Crippen LogP contribution in [0.15, 0.2) is 48.5 Å². The molecular weight excluding hydrogens is 257 g/mol. The molecule has 0 bridgehead atoms. The van der Waals surface area contributed by atoms with Crippen molar-refractivity contribution in [2.75, 3.05) is 11.4 Å². The van der Waals surface area contributed by atoms with E-state index in [0.717, 1.165) is 0 Å². The van der Waals surface area contributed by atoms with Gasteiger partial charge in [0, 0.05) is 24.1 Å². The van der Waals surface area contributed by atoms with Gasteiger partial charge in [-0.25, -0.2) is 4.39 Å². The number of anilines is 1. The van der Waals surface area contributed by atoms with Gasteiger partial charge in [0.25, 0.3) is 5.91 Å². The predicted octanol–water partition coefficient (Wildman–Crippen LogP) is 3.06. The zero-order valence-corrected chi connectivity index (χ0v) is 10.7. The fourth-order valence-electron chi connectivity index (χ4n) is 2.37. The number of Topliss-reactive ketones (excluding diaryl/α,β-unsaturated/α-hetero) is 1. The number of ketones is 1. The number of nitrogens with zero attached hydrogens (tertiary/aromatic N) is 1. The SMILES string of the molecule is O=C1CCN(C(=O)c2ccc(F)cc2)c2ccccc21. The lowest BCUT2D eigenvalue weighted by Crippen LogP contribution is -2.37. The van der Waals surface area contributed by atoms with Gasteiger partial charge in [-0.3, -0.25) is 9.59 Å². The van der Waals surface area contributed by atoms with Crippen LogP contribution in [0, 0.1) is 5.82 Å². The normalized spacial score (nSPS) is 14.1. The smallest absolute Gasteiger partial charge is 0.258 e. The molecule has 0 radical (unpaired) electrons. The average Bonchev–Trinajstić information content (AvgIpc) is 2.48. The number of carbonyl (C=O) groups excluding carboxylic acids is 2. The summed E-state index contributed by atoms with van der Waals surface area (Å²) in [5, 5.41) is 0. The van der Waals surface area contributed by atoms with Gasteiger partial charge in [-0.1, -0.05) is 12.1 Å². The largest absolute Gasteiger partial charge is 0.307 e. The Morgan fingerprint density at radius 3 is 2.50 bits per heavy atom. The number of amides is 1. The molecule has 20 heavy (non-hydrogen) atoms. The molecule has 0 aliphatic carbocycles. The molecule has 0 saturated heterocycles. The van der Waals surface area contributed by atoms with Crippen molar-refractivity contribution in [3.63, 3.8) is 0 Å². The summed E-state index contributed by atoms with van der Waals surface area (Å²) in [6.45, 7) is 0.353. The highest BCUT2D eigenvalue weighted by Gasteiger charge is 2.27. The summed E-state index contributed by atoms with van der Waals surface area (Å²) in [5.41, 5.74) is 1.60. The van der Waals surface area contributed by atoms with Crippen LogP contribution in [0.25, 0.3) is 0 Å². The van der Waals surface area contributed by atoms with E-state index in [-0.39, 0.29) is 17.5 Å². The molecule has 2 aromatic carbocycles. The third-order valence-corrected chi connectivity index (χ3v) is 3.39. The van der Waals surface area contributed by atoms with Crippen molar-refractivity contribution in [1.29, 1.82) is 0 Å². The van der Waals surface area contributed by atoms with Gasteiger partial charge >= 0.3 is 0 Å². The van der Waals surface area contributed by atoms with Crippen molar-refractivity contribution in [2.45, 2.75) is 6.42 Å². The Morgan fingerprint density at radius 1 is 1.05 bits per heavy atom. The number of para-hydroxylation sites is 1. The molecular formula is C16H12FNO2. The van der Waals surface area contributed by atoms with E-state index in [4.69, 9.17) is 0 Å². The van der Waals surface area contributed by atoms with Crippen molar-refractivity contribution < 1.29 is 14.0 Å². The Balaban J connectivity index is 1.99. The summed E-state index contributed by atoms with van der Waals surface area (Å²) >= 11 is 0. The Kier molecular flexibility index (Phi) is 3.06. The van der Waals surface area contributed by atoms with Crippen molar-refractivity contribution in [2.24, 2.45) is 0 Å². The maximum Gasteiger partial charge on any atom is 0.258 e. The Bertz CT molecular complexity index is 679. The van der Waals surface area contributed by atoms with Crippen LogP contribution < -0.4 is 4.90 Å². The van der Waals surface area contributed by atoms with Gasteiger partial charge in [0.1, 0.15) is 5.82 Å². The van der Waals surface area contributed by atoms with Crippen molar-refractivity contribution in [3.8, 4) is 0 Å². The summed E-state index contributed by atoms with van der Waals surface area (Å²) in [7, 11) is 0. The molecule has 1 amide bonds. The molecule has 0 saturated carbocycles. The molecule has 4 heteroatoms. The van der Waals surface area contributed by atoms with Crippen LogP contribution in [0.4, 0.5) is 10.1 Å². The van der Waals surface area contributed by atoms with Gasteiger partial charge in [0.15, 0.2) is 5.78 Å². The molecule has 3 nitrogen and oxygen atoms in total. The number of halogens is 1. The minimum absolute atomic E-state index is 0.0451. The third-order valence-electron chi connectivity index (χ3n) is 3.39. The van der Waals surface area contributed by atoms with Crippen molar-refractivity contribution >= 4 is 17.4 Å². The lowest BCUT2D eigenvalue weighted by molar-refractivity contribution is 0.0955.